The molecule has 4 heteroatoms. The van der Waals surface area contributed by atoms with Crippen molar-refractivity contribution in [3.8, 4) is 10.6 Å². The summed E-state index contributed by atoms with van der Waals surface area (Å²) in [7, 11) is 0. The van der Waals surface area contributed by atoms with E-state index in [0.29, 0.717) is 11.4 Å². The Bertz CT molecular complexity index is 481. The van der Waals surface area contributed by atoms with Crippen molar-refractivity contribution in [1.82, 2.24) is 4.98 Å². The van der Waals surface area contributed by atoms with Gasteiger partial charge in [0.05, 0.1) is 6.10 Å². The maximum atomic E-state index is 9.29. The fraction of sp³-hybridized carbons (Fsp3) is 0.250. The maximum absolute atomic E-state index is 9.29. The number of benzene rings is 1. The molecule has 0 saturated heterocycles. The van der Waals surface area contributed by atoms with Gasteiger partial charge in [0.25, 0.3) is 0 Å². The van der Waals surface area contributed by atoms with E-state index in [9.17, 15) is 5.11 Å². The highest BCUT2D eigenvalue weighted by Gasteiger charge is 2.07. The molecule has 0 radical (unpaired) electrons. The zero-order chi connectivity index (χ0) is 11.5. The summed E-state index contributed by atoms with van der Waals surface area (Å²) in [6, 6.07) is 7.63. The fourth-order valence-electron chi connectivity index (χ4n) is 1.45. The number of aromatic nitrogens is 1. The lowest BCUT2D eigenvalue weighted by Crippen LogP contribution is -2.01. The molecule has 0 fully saturated rings. The summed E-state index contributed by atoms with van der Waals surface area (Å²) in [4.78, 5) is 5.42. The quantitative estimate of drug-likeness (QED) is 0.910. The van der Waals surface area contributed by atoms with Crippen molar-refractivity contribution in [3.05, 3.63) is 40.4 Å². The Balaban J connectivity index is 2.24. The van der Waals surface area contributed by atoms with E-state index in [-0.39, 0.29) is 6.10 Å². The number of hydrogen-bond acceptors (Lipinski definition) is 3. The number of aliphatic hydroxyl groups is 1. The van der Waals surface area contributed by atoms with Gasteiger partial charge < -0.3 is 5.11 Å². The highest BCUT2D eigenvalue weighted by Crippen LogP contribution is 2.27. The summed E-state index contributed by atoms with van der Waals surface area (Å²) in [6.45, 7) is 1.78. The van der Waals surface area contributed by atoms with Gasteiger partial charge in [0.1, 0.15) is 5.01 Å². The molecule has 84 valence electrons. The zero-order valence-corrected chi connectivity index (χ0v) is 10.4. The van der Waals surface area contributed by atoms with E-state index in [1.54, 1.807) is 18.3 Å². The average molecular weight is 254 g/mol. The summed E-state index contributed by atoms with van der Waals surface area (Å²) in [5.41, 5.74) is 1.02. The molecule has 0 spiro atoms. The van der Waals surface area contributed by atoms with Crippen molar-refractivity contribution in [3.63, 3.8) is 0 Å². The minimum absolute atomic E-state index is 0.326. The number of rotatable bonds is 3. The Morgan fingerprint density at radius 2 is 2.31 bits per heavy atom. The molecule has 2 nitrogen and oxygen atoms in total. The van der Waals surface area contributed by atoms with E-state index < -0.39 is 0 Å². The van der Waals surface area contributed by atoms with Gasteiger partial charge in [0, 0.05) is 28.1 Å². The lowest BCUT2D eigenvalue weighted by molar-refractivity contribution is 0.196. The van der Waals surface area contributed by atoms with Crippen molar-refractivity contribution in [2.75, 3.05) is 0 Å². The van der Waals surface area contributed by atoms with Crippen LogP contribution in [-0.2, 0) is 6.42 Å². The second-order valence-electron chi connectivity index (χ2n) is 3.70. The third kappa shape index (κ3) is 2.82. The van der Waals surface area contributed by atoms with Gasteiger partial charge in [-0.05, 0) is 19.1 Å². The van der Waals surface area contributed by atoms with Gasteiger partial charge in [-0.15, -0.1) is 11.3 Å². The predicted octanol–water partition coefficient (Wildman–Crippen LogP) is 3.39. The summed E-state index contributed by atoms with van der Waals surface area (Å²) >= 11 is 7.52. The van der Waals surface area contributed by atoms with Crippen LogP contribution in [-0.4, -0.2) is 16.2 Å². The zero-order valence-electron chi connectivity index (χ0n) is 8.85. The van der Waals surface area contributed by atoms with Crippen LogP contribution in [0.1, 0.15) is 11.8 Å². The van der Waals surface area contributed by atoms with Crippen LogP contribution in [0.5, 0.6) is 0 Å². The molecule has 0 bridgehead atoms. The van der Waals surface area contributed by atoms with E-state index >= 15 is 0 Å². The molecule has 2 rings (SSSR count). The largest absolute Gasteiger partial charge is 0.393 e. The highest BCUT2D eigenvalue weighted by atomic mass is 35.5. The lowest BCUT2D eigenvalue weighted by Gasteiger charge is -1.98. The van der Waals surface area contributed by atoms with Gasteiger partial charge in [-0.25, -0.2) is 4.98 Å². The van der Waals surface area contributed by atoms with Crippen LogP contribution in [0, 0.1) is 0 Å². The second-order valence-corrected chi connectivity index (χ2v) is 5.25. The molecule has 2 aromatic rings. The first-order chi connectivity index (χ1) is 7.65. The smallest absolute Gasteiger partial charge is 0.123 e. The van der Waals surface area contributed by atoms with Gasteiger partial charge in [-0.1, -0.05) is 23.7 Å². The number of aliphatic hydroxyl groups excluding tert-OH is 1. The van der Waals surface area contributed by atoms with Gasteiger partial charge in [-0.3, -0.25) is 0 Å². The predicted molar refractivity (Wildman–Crippen MR) is 67.9 cm³/mol. The number of thiazole rings is 1. The topological polar surface area (TPSA) is 33.1 Å². The van der Waals surface area contributed by atoms with Crippen LogP contribution >= 0.6 is 22.9 Å². The molecule has 1 atom stereocenters. The van der Waals surface area contributed by atoms with Gasteiger partial charge >= 0.3 is 0 Å². The first kappa shape index (κ1) is 11.6. The minimum Gasteiger partial charge on any atom is -0.393 e. The third-order valence-electron chi connectivity index (χ3n) is 2.12. The Hall–Kier alpha value is -0.900. The SMILES string of the molecule is CC(O)Cc1cnc(-c2cccc(Cl)c2)s1. The Labute approximate surface area is 104 Å². The maximum Gasteiger partial charge on any atom is 0.123 e. The molecular formula is C12H12ClNOS. The molecule has 0 aliphatic carbocycles. The van der Waals surface area contributed by atoms with Crippen LogP contribution in [0.25, 0.3) is 10.6 Å². The molecule has 0 amide bonds. The van der Waals surface area contributed by atoms with Crippen LogP contribution in [0.4, 0.5) is 0 Å². The number of nitrogens with zero attached hydrogens (tertiary/aromatic N) is 1. The molecule has 0 aliphatic heterocycles. The fourth-order valence-corrected chi connectivity index (χ4v) is 2.67. The van der Waals surface area contributed by atoms with Crippen LogP contribution in [0.3, 0.4) is 0 Å². The molecule has 0 aliphatic rings. The molecular weight excluding hydrogens is 242 g/mol. The standard InChI is InChI=1S/C12H12ClNOS/c1-8(15)5-11-7-14-12(16-11)9-3-2-4-10(13)6-9/h2-4,6-8,15H,5H2,1H3. The summed E-state index contributed by atoms with van der Waals surface area (Å²) in [5.74, 6) is 0. The van der Waals surface area contributed by atoms with Crippen molar-refractivity contribution >= 4 is 22.9 Å². The number of hydrogen-bond donors (Lipinski definition) is 1. The van der Waals surface area contributed by atoms with E-state index in [1.165, 1.54) is 0 Å². The van der Waals surface area contributed by atoms with Crippen molar-refractivity contribution < 1.29 is 5.11 Å². The summed E-state index contributed by atoms with van der Waals surface area (Å²) in [6.07, 6.45) is 2.14. The average Bonchev–Trinajstić information content (AvgIpc) is 2.65. The van der Waals surface area contributed by atoms with Crippen LogP contribution < -0.4 is 0 Å². The lowest BCUT2D eigenvalue weighted by atomic mass is 10.2. The van der Waals surface area contributed by atoms with Gasteiger partial charge in [0.2, 0.25) is 0 Å². The van der Waals surface area contributed by atoms with Gasteiger partial charge in [-0.2, -0.15) is 0 Å². The molecule has 1 unspecified atom stereocenters. The van der Waals surface area contributed by atoms with E-state index in [0.717, 1.165) is 15.4 Å². The van der Waals surface area contributed by atoms with Crippen molar-refractivity contribution in [1.29, 1.82) is 0 Å². The molecule has 1 heterocycles. The summed E-state index contributed by atoms with van der Waals surface area (Å²) in [5, 5.41) is 10.9. The molecule has 0 saturated carbocycles. The van der Waals surface area contributed by atoms with Gasteiger partial charge in [0.15, 0.2) is 0 Å². The molecule has 16 heavy (non-hydrogen) atoms. The van der Waals surface area contributed by atoms with Crippen LogP contribution in [0.15, 0.2) is 30.5 Å². The Kier molecular flexibility index (Phi) is 3.59. The van der Waals surface area contributed by atoms with E-state index in [4.69, 9.17) is 11.6 Å². The summed E-state index contributed by atoms with van der Waals surface area (Å²) < 4.78 is 0. The monoisotopic (exact) mass is 253 g/mol. The number of halogens is 1. The van der Waals surface area contributed by atoms with Crippen molar-refractivity contribution in [2.24, 2.45) is 0 Å². The molecule has 1 aromatic carbocycles. The van der Waals surface area contributed by atoms with E-state index in [2.05, 4.69) is 4.98 Å². The first-order valence-corrected chi connectivity index (χ1v) is 6.23. The normalized spacial score (nSPS) is 12.7. The molecule has 1 aromatic heterocycles. The second kappa shape index (κ2) is 4.95. The molecule has 1 N–H and O–H groups in total. The minimum atomic E-state index is -0.326. The van der Waals surface area contributed by atoms with E-state index in [1.807, 2.05) is 30.5 Å². The van der Waals surface area contributed by atoms with Crippen molar-refractivity contribution in [2.45, 2.75) is 19.4 Å². The first-order valence-electron chi connectivity index (χ1n) is 5.04. The Morgan fingerprint density at radius 1 is 1.50 bits per heavy atom. The Morgan fingerprint density at radius 3 is 3.00 bits per heavy atom. The highest BCUT2D eigenvalue weighted by molar-refractivity contribution is 7.15. The third-order valence-corrected chi connectivity index (χ3v) is 3.43. The van der Waals surface area contributed by atoms with Crippen LogP contribution in [0.2, 0.25) is 5.02 Å².